The number of ether oxygens (including phenoxy) is 1. The molecule has 1 N–H and O–H groups in total. The summed E-state index contributed by atoms with van der Waals surface area (Å²) in [5.74, 6) is 1.09. The number of nitrogens with one attached hydrogen (secondary N) is 1. The third-order valence-electron chi connectivity index (χ3n) is 4.66. The smallest absolute Gasteiger partial charge is 0.266 e. The number of nitriles is 1. The van der Waals surface area contributed by atoms with Crippen molar-refractivity contribution in [2.45, 2.75) is 6.04 Å². The molecule has 1 saturated heterocycles. The molecule has 8 heteroatoms. The maximum atomic E-state index is 9.41. The first kappa shape index (κ1) is 18.6. The van der Waals surface area contributed by atoms with E-state index in [-0.39, 0.29) is 17.6 Å². The largest absolute Gasteiger partial charge is 0.459 e. The van der Waals surface area contributed by atoms with Gasteiger partial charge in [0.2, 0.25) is 11.6 Å². The fourth-order valence-corrected chi connectivity index (χ4v) is 3.37. The van der Waals surface area contributed by atoms with Gasteiger partial charge in [0, 0.05) is 24.7 Å². The summed E-state index contributed by atoms with van der Waals surface area (Å²) < 4.78 is 16.5. The number of hydrogen-bond acceptors (Lipinski definition) is 7. The molecule has 0 bridgehead atoms. The predicted octanol–water partition coefficient (Wildman–Crippen LogP) is 3.95. The van der Waals surface area contributed by atoms with Gasteiger partial charge in [-0.1, -0.05) is 23.7 Å². The monoisotopic (exact) mass is 398 g/mol. The second-order valence-electron chi connectivity index (χ2n) is 6.38. The third kappa shape index (κ3) is 4.04. The second kappa shape index (κ2) is 8.48. The first-order valence-corrected chi connectivity index (χ1v) is 9.38. The van der Waals surface area contributed by atoms with Crippen molar-refractivity contribution in [3.63, 3.8) is 0 Å². The number of furan rings is 1. The Labute approximate surface area is 167 Å². The number of hydrogen-bond donors (Lipinski definition) is 1. The van der Waals surface area contributed by atoms with E-state index in [9.17, 15) is 5.26 Å². The van der Waals surface area contributed by atoms with Crippen LogP contribution in [0.2, 0.25) is 5.02 Å². The highest BCUT2D eigenvalue weighted by molar-refractivity contribution is 6.30. The molecule has 1 fully saturated rings. The molecule has 0 radical (unpaired) electrons. The van der Waals surface area contributed by atoms with Crippen molar-refractivity contribution in [1.29, 1.82) is 5.26 Å². The minimum atomic E-state index is 0.0740. The maximum absolute atomic E-state index is 9.41. The molecule has 4 rings (SSSR count). The molecule has 0 aliphatic carbocycles. The van der Waals surface area contributed by atoms with Crippen LogP contribution < -0.4 is 5.32 Å². The third-order valence-corrected chi connectivity index (χ3v) is 4.91. The van der Waals surface area contributed by atoms with Crippen LogP contribution in [0.5, 0.6) is 0 Å². The number of rotatable bonds is 6. The number of morpholine rings is 1. The van der Waals surface area contributed by atoms with Gasteiger partial charge in [0.05, 0.1) is 25.5 Å². The van der Waals surface area contributed by atoms with Crippen LogP contribution in [0.25, 0.3) is 11.7 Å². The predicted molar refractivity (Wildman–Crippen MR) is 104 cm³/mol. The molecule has 2 aromatic heterocycles. The molecule has 0 spiro atoms. The first-order valence-electron chi connectivity index (χ1n) is 9.00. The van der Waals surface area contributed by atoms with E-state index in [0.29, 0.717) is 36.4 Å². The van der Waals surface area contributed by atoms with Gasteiger partial charge in [-0.25, -0.2) is 0 Å². The van der Waals surface area contributed by atoms with Crippen LogP contribution in [-0.2, 0) is 4.74 Å². The van der Waals surface area contributed by atoms with Gasteiger partial charge in [0.15, 0.2) is 5.76 Å². The van der Waals surface area contributed by atoms with Crippen molar-refractivity contribution < 1.29 is 13.6 Å². The molecule has 144 valence electrons. The molecule has 3 aromatic rings. The number of anilines is 1. The molecule has 1 atom stereocenters. The summed E-state index contributed by atoms with van der Waals surface area (Å²) in [4.78, 5) is 6.55. The van der Waals surface area contributed by atoms with Gasteiger partial charge >= 0.3 is 0 Å². The number of oxazole rings is 1. The Morgan fingerprint density at radius 1 is 1.21 bits per heavy atom. The van der Waals surface area contributed by atoms with E-state index < -0.39 is 0 Å². The molecule has 28 heavy (non-hydrogen) atoms. The van der Waals surface area contributed by atoms with Gasteiger partial charge in [-0.3, -0.25) is 4.90 Å². The lowest BCUT2D eigenvalue weighted by Gasteiger charge is -2.34. The molecule has 1 aliphatic heterocycles. The fraction of sp³-hybridized carbons (Fsp3) is 0.300. The molecule has 1 unspecified atom stereocenters. The van der Waals surface area contributed by atoms with Crippen molar-refractivity contribution in [2.75, 3.05) is 38.2 Å². The minimum Gasteiger partial charge on any atom is -0.459 e. The Morgan fingerprint density at radius 2 is 2.00 bits per heavy atom. The van der Waals surface area contributed by atoms with Crippen LogP contribution in [0, 0.1) is 11.3 Å². The SMILES string of the molecule is N#Cc1nc(-c2ccco2)oc1NCC(c1ccc(Cl)cc1)N1CCOCC1. The van der Waals surface area contributed by atoms with E-state index in [2.05, 4.69) is 21.3 Å². The lowest BCUT2D eigenvalue weighted by molar-refractivity contribution is 0.0186. The van der Waals surface area contributed by atoms with Crippen molar-refractivity contribution >= 4 is 17.5 Å². The van der Waals surface area contributed by atoms with Gasteiger partial charge in [-0.05, 0) is 29.8 Å². The molecule has 0 amide bonds. The maximum Gasteiger partial charge on any atom is 0.266 e. The standard InChI is InChI=1S/C20H19ClN4O3/c21-15-5-3-14(4-6-15)17(25-7-10-26-11-8-25)13-23-19-16(12-22)24-20(28-19)18-2-1-9-27-18/h1-6,9,17,23H,7-8,10-11,13H2. The summed E-state index contributed by atoms with van der Waals surface area (Å²) in [6, 6.07) is 13.4. The summed E-state index contributed by atoms with van der Waals surface area (Å²) in [6.07, 6.45) is 1.54. The van der Waals surface area contributed by atoms with E-state index >= 15 is 0 Å². The Bertz CT molecular complexity index is 941. The Balaban J connectivity index is 1.55. The minimum absolute atomic E-state index is 0.0740. The number of halogens is 1. The zero-order chi connectivity index (χ0) is 19.3. The average molecular weight is 399 g/mol. The summed E-state index contributed by atoms with van der Waals surface area (Å²) in [5.41, 5.74) is 1.33. The highest BCUT2D eigenvalue weighted by atomic mass is 35.5. The van der Waals surface area contributed by atoms with Crippen molar-refractivity contribution in [2.24, 2.45) is 0 Å². The van der Waals surface area contributed by atoms with Crippen molar-refractivity contribution in [3.8, 4) is 17.7 Å². The van der Waals surface area contributed by atoms with Crippen LogP contribution in [-0.4, -0.2) is 42.7 Å². The highest BCUT2D eigenvalue weighted by Crippen LogP contribution is 2.28. The molecule has 1 aromatic carbocycles. The zero-order valence-corrected chi connectivity index (χ0v) is 15.9. The zero-order valence-electron chi connectivity index (χ0n) is 15.1. The van der Waals surface area contributed by atoms with Gasteiger partial charge in [0.25, 0.3) is 5.89 Å². The van der Waals surface area contributed by atoms with Crippen molar-refractivity contribution in [1.82, 2.24) is 9.88 Å². The van der Waals surface area contributed by atoms with Crippen LogP contribution >= 0.6 is 11.6 Å². The van der Waals surface area contributed by atoms with Crippen molar-refractivity contribution in [3.05, 3.63) is 58.9 Å². The van der Waals surface area contributed by atoms with Crippen LogP contribution in [0.4, 0.5) is 5.88 Å². The molecule has 7 nitrogen and oxygen atoms in total. The summed E-state index contributed by atoms with van der Waals surface area (Å²) in [5, 5.41) is 13.4. The lowest BCUT2D eigenvalue weighted by atomic mass is 10.0. The Hall–Kier alpha value is -2.79. The normalized spacial score (nSPS) is 15.9. The second-order valence-corrected chi connectivity index (χ2v) is 6.82. The first-order chi connectivity index (χ1) is 13.7. The molecular formula is C20H19ClN4O3. The average Bonchev–Trinajstić information content (AvgIpc) is 3.40. The fourth-order valence-electron chi connectivity index (χ4n) is 3.24. The molecule has 0 saturated carbocycles. The van der Waals surface area contributed by atoms with E-state index in [1.54, 1.807) is 12.1 Å². The number of nitrogens with zero attached hydrogens (tertiary/aromatic N) is 3. The Kier molecular flexibility index (Phi) is 5.63. The van der Waals surface area contributed by atoms with E-state index in [4.69, 9.17) is 25.2 Å². The van der Waals surface area contributed by atoms with Crippen LogP contribution in [0.1, 0.15) is 17.3 Å². The van der Waals surface area contributed by atoms with Crippen LogP contribution in [0.3, 0.4) is 0 Å². The van der Waals surface area contributed by atoms with Gasteiger partial charge in [-0.2, -0.15) is 10.2 Å². The van der Waals surface area contributed by atoms with E-state index in [1.165, 1.54) is 6.26 Å². The quantitative estimate of drug-likeness (QED) is 0.672. The number of benzene rings is 1. The summed E-state index contributed by atoms with van der Waals surface area (Å²) >= 11 is 6.05. The molecule has 1 aliphatic rings. The van der Waals surface area contributed by atoms with Gasteiger partial charge in [-0.15, -0.1) is 0 Å². The number of aromatic nitrogens is 1. The van der Waals surface area contributed by atoms with Gasteiger partial charge in [0.1, 0.15) is 6.07 Å². The summed E-state index contributed by atoms with van der Waals surface area (Å²) in [6.45, 7) is 3.59. The van der Waals surface area contributed by atoms with Gasteiger partial charge < -0.3 is 18.9 Å². The van der Waals surface area contributed by atoms with E-state index in [0.717, 1.165) is 18.7 Å². The molecular weight excluding hydrogens is 380 g/mol. The van der Waals surface area contributed by atoms with Crippen LogP contribution in [0.15, 0.2) is 51.5 Å². The molecule has 3 heterocycles. The van der Waals surface area contributed by atoms with E-state index in [1.807, 2.05) is 24.3 Å². The summed E-state index contributed by atoms with van der Waals surface area (Å²) in [7, 11) is 0. The lowest BCUT2D eigenvalue weighted by Crippen LogP contribution is -2.41. The highest BCUT2D eigenvalue weighted by Gasteiger charge is 2.24. The topological polar surface area (TPSA) is 87.5 Å². The Morgan fingerprint density at radius 3 is 2.68 bits per heavy atom.